The second-order valence-corrected chi connectivity index (χ2v) is 3.38. The number of carboxylic acid groups (broad SMARTS) is 1. The molecular weight excluding hydrogens is 178 g/mol. The Bertz CT molecular complexity index is 295. The molecule has 2 N–H and O–H groups in total. The van der Waals surface area contributed by atoms with Gasteiger partial charge in [-0.2, -0.15) is 0 Å². The van der Waals surface area contributed by atoms with Crippen LogP contribution in [0.2, 0.25) is 0 Å². The summed E-state index contributed by atoms with van der Waals surface area (Å²) in [5.74, 6) is -0.950. The fourth-order valence-corrected chi connectivity index (χ4v) is 1.75. The summed E-state index contributed by atoms with van der Waals surface area (Å²) in [5, 5.41) is 17.9. The number of carbonyl (C=O) groups is 1. The molecule has 0 atom stereocenters. The maximum atomic E-state index is 10.5. The summed E-state index contributed by atoms with van der Waals surface area (Å²) >= 11 is 1.12. The van der Waals surface area contributed by atoms with E-state index in [0.29, 0.717) is 17.1 Å². The van der Waals surface area contributed by atoms with Crippen molar-refractivity contribution >= 4 is 17.3 Å². The maximum absolute atomic E-state index is 10.5. The zero-order chi connectivity index (χ0) is 9.14. The Morgan fingerprint density at radius 1 is 1.67 bits per heavy atom. The molecular formula is C7H9NO3S. The summed E-state index contributed by atoms with van der Waals surface area (Å²) in [5.41, 5.74) is 0.524. The molecule has 1 rings (SSSR count). The summed E-state index contributed by atoms with van der Waals surface area (Å²) in [4.78, 5) is 14.8. The first-order valence-corrected chi connectivity index (χ1v) is 4.27. The number of thiazole rings is 1. The molecule has 0 bridgehead atoms. The van der Waals surface area contributed by atoms with Crippen molar-refractivity contribution in [3.63, 3.8) is 0 Å². The van der Waals surface area contributed by atoms with E-state index in [-0.39, 0.29) is 11.5 Å². The van der Waals surface area contributed by atoms with Gasteiger partial charge in [-0.05, 0) is 6.92 Å². The minimum absolute atomic E-state index is 0.00596. The number of hydrogen-bond acceptors (Lipinski definition) is 4. The van der Waals surface area contributed by atoms with Crippen molar-refractivity contribution in [3.8, 4) is 0 Å². The Kier molecular flexibility index (Phi) is 2.78. The SMILES string of the molecule is Cc1nc(CCO)sc1C(=O)O. The Morgan fingerprint density at radius 3 is 2.75 bits per heavy atom. The molecule has 1 heterocycles. The molecule has 0 amide bonds. The third-order valence-electron chi connectivity index (χ3n) is 1.36. The monoisotopic (exact) mass is 187 g/mol. The van der Waals surface area contributed by atoms with E-state index < -0.39 is 5.97 Å². The van der Waals surface area contributed by atoms with E-state index in [0.717, 1.165) is 11.3 Å². The highest BCUT2D eigenvalue weighted by Crippen LogP contribution is 2.17. The quantitative estimate of drug-likeness (QED) is 0.730. The zero-order valence-electron chi connectivity index (χ0n) is 6.57. The number of aryl methyl sites for hydroxylation is 1. The van der Waals surface area contributed by atoms with Crippen LogP contribution in [0, 0.1) is 6.92 Å². The molecule has 0 saturated heterocycles. The third-order valence-corrected chi connectivity index (χ3v) is 2.57. The molecule has 0 fully saturated rings. The highest BCUT2D eigenvalue weighted by molar-refractivity contribution is 7.13. The molecule has 0 radical (unpaired) electrons. The number of aromatic nitrogens is 1. The number of aromatic carboxylic acids is 1. The van der Waals surface area contributed by atoms with Gasteiger partial charge in [-0.1, -0.05) is 0 Å². The van der Waals surface area contributed by atoms with Crippen LogP contribution in [-0.2, 0) is 6.42 Å². The zero-order valence-corrected chi connectivity index (χ0v) is 7.39. The predicted molar refractivity (Wildman–Crippen MR) is 44.6 cm³/mol. The smallest absolute Gasteiger partial charge is 0.347 e. The van der Waals surface area contributed by atoms with Crippen molar-refractivity contribution in [1.29, 1.82) is 0 Å². The molecule has 12 heavy (non-hydrogen) atoms. The van der Waals surface area contributed by atoms with Crippen LogP contribution < -0.4 is 0 Å². The van der Waals surface area contributed by atoms with Gasteiger partial charge < -0.3 is 10.2 Å². The number of aliphatic hydroxyl groups excluding tert-OH is 1. The van der Waals surface area contributed by atoms with Crippen LogP contribution >= 0.6 is 11.3 Å². The molecule has 66 valence electrons. The minimum Gasteiger partial charge on any atom is -0.477 e. The first kappa shape index (κ1) is 9.15. The largest absolute Gasteiger partial charge is 0.477 e. The molecule has 0 aliphatic rings. The van der Waals surface area contributed by atoms with Gasteiger partial charge in [0.25, 0.3) is 0 Å². The van der Waals surface area contributed by atoms with Crippen LogP contribution in [0.1, 0.15) is 20.4 Å². The first-order valence-electron chi connectivity index (χ1n) is 3.45. The summed E-state index contributed by atoms with van der Waals surface area (Å²) in [6.07, 6.45) is 0.429. The Hall–Kier alpha value is -0.940. The van der Waals surface area contributed by atoms with Crippen LogP contribution in [0.15, 0.2) is 0 Å². The van der Waals surface area contributed by atoms with Gasteiger partial charge in [0.2, 0.25) is 0 Å². The predicted octanol–water partition coefficient (Wildman–Crippen LogP) is 0.685. The fraction of sp³-hybridized carbons (Fsp3) is 0.429. The summed E-state index contributed by atoms with van der Waals surface area (Å²) in [6.45, 7) is 1.66. The number of aliphatic hydroxyl groups is 1. The lowest BCUT2D eigenvalue weighted by atomic mass is 10.4. The van der Waals surface area contributed by atoms with Crippen LogP contribution in [0.5, 0.6) is 0 Å². The summed E-state index contributed by atoms with van der Waals surface area (Å²) in [7, 11) is 0. The lowest BCUT2D eigenvalue weighted by Crippen LogP contribution is -1.94. The van der Waals surface area contributed by atoms with Crippen molar-refractivity contribution in [1.82, 2.24) is 4.98 Å². The number of rotatable bonds is 3. The molecule has 0 spiro atoms. The average Bonchev–Trinajstić information content (AvgIpc) is 2.32. The van der Waals surface area contributed by atoms with E-state index in [1.54, 1.807) is 6.92 Å². The van der Waals surface area contributed by atoms with Crippen LogP contribution in [0.3, 0.4) is 0 Å². The molecule has 4 nitrogen and oxygen atoms in total. The normalized spacial score (nSPS) is 10.2. The maximum Gasteiger partial charge on any atom is 0.347 e. The molecule has 0 saturated carbocycles. The van der Waals surface area contributed by atoms with Crippen LogP contribution in [-0.4, -0.2) is 27.8 Å². The number of carboxylic acids is 1. The first-order chi connectivity index (χ1) is 5.65. The Morgan fingerprint density at radius 2 is 2.33 bits per heavy atom. The van der Waals surface area contributed by atoms with Gasteiger partial charge in [0.05, 0.1) is 10.7 Å². The van der Waals surface area contributed by atoms with Crippen molar-refractivity contribution in [2.45, 2.75) is 13.3 Å². The van der Waals surface area contributed by atoms with Gasteiger partial charge in [0.15, 0.2) is 0 Å². The standard InChI is InChI=1S/C7H9NO3S/c1-4-6(7(10)11)12-5(8-4)2-3-9/h9H,2-3H2,1H3,(H,10,11). The molecule has 0 aromatic carbocycles. The van der Waals surface area contributed by atoms with Crippen LogP contribution in [0.4, 0.5) is 0 Å². The Labute approximate surface area is 73.5 Å². The average molecular weight is 187 g/mol. The van der Waals surface area contributed by atoms with E-state index in [2.05, 4.69) is 4.98 Å². The van der Waals surface area contributed by atoms with Gasteiger partial charge >= 0.3 is 5.97 Å². The second kappa shape index (κ2) is 3.64. The van der Waals surface area contributed by atoms with Gasteiger partial charge in [0, 0.05) is 13.0 Å². The molecule has 5 heteroatoms. The molecule has 0 unspecified atom stereocenters. The van der Waals surface area contributed by atoms with E-state index in [4.69, 9.17) is 10.2 Å². The Balaban J connectivity index is 2.92. The highest BCUT2D eigenvalue weighted by Gasteiger charge is 2.12. The van der Waals surface area contributed by atoms with Gasteiger partial charge in [0.1, 0.15) is 4.88 Å². The van der Waals surface area contributed by atoms with E-state index in [1.807, 2.05) is 0 Å². The minimum atomic E-state index is -0.950. The van der Waals surface area contributed by atoms with E-state index in [1.165, 1.54) is 0 Å². The van der Waals surface area contributed by atoms with E-state index in [9.17, 15) is 4.79 Å². The lowest BCUT2D eigenvalue weighted by molar-refractivity contribution is 0.0701. The van der Waals surface area contributed by atoms with Gasteiger partial charge in [-0.3, -0.25) is 0 Å². The molecule has 0 aliphatic heterocycles. The van der Waals surface area contributed by atoms with Crippen molar-refractivity contribution in [2.75, 3.05) is 6.61 Å². The molecule has 1 aromatic rings. The fourth-order valence-electron chi connectivity index (χ4n) is 0.853. The van der Waals surface area contributed by atoms with Gasteiger partial charge in [-0.15, -0.1) is 11.3 Å². The topological polar surface area (TPSA) is 70.4 Å². The lowest BCUT2D eigenvalue weighted by Gasteiger charge is -1.85. The van der Waals surface area contributed by atoms with E-state index >= 15 is 0 Å². The second-order valence-electron chi connectivity index (χ2n) is 2.30. The van der Waals surface area contributed by atoms with Crippen LogP contribution in [0.25, 0.3) is 0 Å². The van der Waals surface area contributed by atoms with Crippen molar-refractivity contribution in [2.24, 2.45) is 0 Å². The van der Waals surface area contributed by atoms with Crippen molar-refractivity contribution in [3.05, 3.63) is 15.6 Å². The summed E-state index contributed by atoms with van der Waals surface area (Å²) in [6, 6.07) is 0. The molecule has 1 aromatic heterocycles. The molecule has 0 aliphatic carbocycles. The summed E-state index contributed by atoms with van der Waals surface area (Å²) < 4.78 is 0. The number of nitrogens with zero attached hydrogens (tertiary/aromatic N) is 1. The van der Waals surface area contributed by atoms with Gasteiger partial charge in [-0.25, -0.2) is 9.78 Å². The highest BCUT2D eigenvalue weighted by atomic mass is 32.1. The third kappa shape index (κ3) is 1.80. The van der Waals surface area contributed by atoms with Crippen molar-refractivity contribution < 1.29 is 15.0 Å². The number of hydrogen-bond donors (Lipinski definition) is 2.